The summed E-state index contributed by atoms with van der Waals surface area (Å²) in [5.74, 6) is 0. The Morgan fingerprint density at radius 3 is 2.12 bits per heavy atom. The van der Waals surface area contributed by atoms with Gasteiger partial charge < -0.3 is 0 Å². The maximum Gasteiger partial charge on any atom is -0.00137 e. The maximum atomic E-state index is 2.30. The van der Waals surface area contributed by atoms with Crippen LogP contribution in [0.15, 0.2) is 54.6 Å². The lowest BCUT2D eigenvalue weighted by Crippen LogP contribution is -1.84. The van der Waals surface area contributed by atoms with Gasteiger partial charge in [-0.2, -0.15) is 0 Å². The summed E-state index contributed by atoms with van der Waals surface area (Å²) in [7, 11) is 0. The summed E-state index contributed by atoms with van der Waals surface area (Å²) < 4.78 is 0. The first-order valence-corrected chi connectivity index (χ1v) is 6.27. The quantitative estimate of drug-likeness (QED) is 0.649. The Labute approximate surface area is 104 Å². The second kappa shape index (κ2) is 5.49. The Bertz CT molecular complexity index is 507. The lowest BCUT2D eigenvalue weighted by Gasteiger charge is -2.00. The van der Waals surface area contributed by atoms with Crippen LogP contribution in [0.1, 0.15) is 30.5 Å². The molecule has 0 atom stereocenters. The van der Waals surface area contributed by atoms with Crippen molar-refractivity contribution in [3.8, 4) is 0 Å². The molecule has 3 rings (SSSR count). The molecule has 0 N–H and O–H groups in total. The molecule has 0 nitrogen and oxygen atoms in total. The summed E-state index contributed by atoms with van der Waals surface area (Å²) in [4.78, 5) is 0. The molecule has 0 saturated carbocycles. The van der Waals surface area contributed by atoms with Crippen LogP contribution in [-0.2, 0) is 6.42 Å². The van der Waals surface area contributed by atoms with E-state index in [0.29, 0.717) is 0 Å². The standard InChI is InChI=1S/C15H12.C2H6/c1-2-6-12(7-3-1)15-10-13-8-4-5-9-14(13)11-15;1-2/h1-10H,11H2;1-2H3. The van der Waals surface area contributed by atoms with Gasteiger partial charge in [0.2, 0.25) is 0 Å². The third-order valence-corrected chi connectivity index (χ3v) is 2.91. The van der Waals surface area contributed by atoms with Crippen molar-refractivity contribution < 1.29 is 0 Å². The molecule has 0 heteroatoms. The zero-order valence-corrected chi connectivity index (χ0v) is 10.5. The minimum absolute atomic E-state index is 1.07. The highest BCUT2D eigenvalue weighted by Crippen LogP contribution is 2.30. The van der Waals surface area contributed by atoms with Crippen LogP contribution in [0.5, 0.6) is 0 Å². The minimum atomic E-state index is 1.07. The first-order chi connectivity index (χ1) is 8.43. The van der Waals surface area contributed by atoms with Crippen LogP contribution in [0.3, 0.4) is 0 Å². The van der Waals surface area contributed by atoms with Gasteiger partial charge in [0.15, 0.2) is 0 Å². The van der Waals surface area contributed by atoms with Gasteiger partial charge >= 0.3 is 0 Å². The fourth-order valence-corrected chi connectivity index (χ4v) is 2.12. The fraction of sp³-hybridized carbons (Fsp3) is 0.176. The zero-order chi connectivity index (χ0) is 12.1. The summed E-state index contributed by atoms with van der Waals surface area (Å²) in [5, 5.41) is 0. The first-order valence-electron chi connectivity index (χ1n) is 6.27. The van der Waals surface area contributed by atoms with E-state index in [9.17, 15) is 0 Å². The van der Waals surface area contributed by atoms with Crippen molar-refractivity contribution in [3.05, 3.63) is 71.3 Å². The van der Waals surface area contributed by atoms with Gasteiger partial charge in [-0.05, 0) is 28.7 Å². The molecule has 0 fully saturated rings. The van der Waals surface area contributed by atoms with Gasteiger partial charge in [-0.1, -0.05) is 74.5 Å². The molecule has 1 aliphatic carbocycles. The Kier molecular flexibility index (Phi) is 3.77. The van der Waals surface area contributed by atoms with Gasteiger partial charge in [0, 0.05) is 0 Å². The smallest absolute Gasteiger partial charge is 0.00137 e. The molecule has 2 aromatic carbocycles. The topological polar surface area (TPSA) is 0 Å². The van der Waals surface area contributed by atoms with Crippen molar-refractivity contribution >= 4 is 11.6 Å². The molecule has 0 spiro atoms. The molecular weight excluding hydrogens is 204 g/mol. The first kappa shape index (κ1) is 11.7. The van der Waals surface area contributed by atoms with Gasteiger partial charge in [-0.15, -0.1) is 0 Å². The Morgan fingerprint density at radius 1 is 0.765 bits per heavy atom. The maximum absolute atomic E-state index is 2.30. The van der Waals surface area contributed by atoms with Crippen molar-refractivity contribution in [1.82, 2.24) is 0 Å². The van der Waals surface area contributed by atoms with Crippen molar-refractivity contribution in [2.24, 2.45) is 0 Å². The van der Waals surface area contributed by atoms with Crippen molar-refractivity contribution in [3.63, 3.8) is 0 Å². The van der Waals surface area contributed by atoms with Gasteiger partial charge in [0.1, 0.15) is 0 Å². The third kappa shape index (κ3) is 2.47. The molecule has 86 valence electrons. The summed E-state index contributed by atoms with van der Waals surface area (Å²) >= 11 is 0. The summed E-state index contributed by atoms with van der Waals surface area (Å²) in [6, 6.07) is 19.2. The van der Waals surface area contributed by atoms with Crippen LogP contribution in [0.4, 0.5) is 0 Å². The van der Waals surface area contributed by atoms with E-state index in [-0.39, 0.29) is 0 Å². The van der Waals surface area contributed by atoms with E-state index in [1.54, 1.807) is 0 Å². The molecule has 0 saturated heterocycles. The average molecular weight is 222 g/mol. The highest BCUT2D eigenvalue weighted by Gasteiger charge is 2.12. The highest BCUT2D eigenvalue weighted by molar-refractivity contribution is 5.88. The van der Waals surface area contributed by atoms with E-state index in [1.807, 2.05) is 13.8 Å². The molecule has 0 unspecified atom stereocenters. The molecule has 0 amide bonds. The average Bonchev–Trinajstić information content (AvgIpc) is 2.86. The molecule has 17 heavy (non-hydrogen) atoms. The van der Waals surface area contributed by atoms with Crippen molar-refractivity contribution in [2.75, 3.05) is 0 Å². The lowest BCUT2D eigenvalue weighted by molar-refractivity contribution is 1.32. The summed E-state index contributed by atoms with van der Waals surface area (Å²) in [6.45, 7) is 4.00. The van der Waals surface area contributed by atoms with Gasteiger partial charge in [0.05, 0.1) is 0 Å². The lowest BCUT2D eigenvalue weighted by atomic mass is 10.0. The minimum Gasteiger partial charge on any atom is -0.0683 e. The van der Waals surface area contributed by atoms with Crippen LogP contribution >= 0.6 is 0 Å². The van der Waals surface area contributed by atoms with Crippen molar-refractivity contribution in [1.29, 1.82) is 0 Å². The molecule has 2 aromatic rings. The molecule has 0 aliphatic heterocycles. The summed E-state index contributed by atoms with van der Waals surface area (Å²) in [6.07, 6.45) is 3.37. The third-order valence-electron chi connectivity index (χ3n) is 2.91. The number of hydrogen-bond donors (Lipinski definition) is 0. The highest BCUT2D eigenvalue weighted by atomic mass is 14.2. The molecule has 0 radical (unpaired) electrons. The number of benzene rings is 2. The van der Waals surface area contributed by atoms with Crippen LogP contribution in [-0.4, -0.2) is 0 Å². The Hall–Kier alpha value is -1.82. The molecule has 0 heterocycles. The van der Waals surface area contributed by atoms with Crippen LogP contribution in [0.2, 0.25) is 0 Å². The van der Waals surface area contributed by atoms with E-state index >= 15 is 0 Å². The van der Waals surface area contributed by atoms with E-state index in [0.717, 1.165) is 6.42 Å². The molecule has 0 aromatic heterocycles. The van der Waals surface area contributed by atoms with E-state index < -0.39 is 0 Å². The predicted molar refractivity (Wildman–Crippen MR) is 75.8 cm³/mol. The van der Waals surface area contributed by atoms with E-state index in [2.05, 4.69) is 60.7 Å². The van der Waals surface area contributed by atoms with Crippen LogP contribution < -0.4 is 0 Å². The number of hydrogen-bond acceptors (Lipinski definition) is 0. The number of allylic oxidation sites excluding steroid dienone is 1. The van der Waals surface area contributed by atoms with E-state index in [1.165, 1.54) is 22.3 Å². The Balaban J connectivity index is 0.000000514. The number of fused-ring (bicyclic) bond motifs is 1. The summed E-state index contributed by atoms with van der Waals surface area (Å²) in [5.41, 5.74) is 5.58. The molecular formula is C17H18. The van der Waals surface area contributed by atoms with Gasteiger partial charge in [-0.25, -0.2) is 0 Å². The SMILES string of the molecule is C1=C(c2ccccc2)Cc2ccccc21.CC. The second-order valence-electron chi connectivity index (χ2n) is 3.91. The zero-order valence-electron chi connectivity index (χ0n) is 10.5. The largest absolute Gasteiger partial charge is 0.0683 e. The second-order valence-corrected chi connectivity index (χ2v) is 3.91. The van der Waals surface area contributed by atoms with Gasteiger partial charge in [-0.3, -0.25) is 0 Å². The van der Waals surface area contributed by atoms with Crippen molar-refractivity contribution in [2.45, 2.75) is 20.3 Å². The normalized spacial score (nSPS) is 12.2. The number of rotatable bonds is 1. The monoisotopic (exact) mass is 222 g/mol. The van der Waals surface area contributed by atoms with Crippen LogP contribution in [0.25, 0.3) is 11.6 Å². The van der Waals surface area contributed by atoms with Gasteiger partial charge in [0.25, 0.3) is 0 Å². The van der Waals surface area contributed by atoms with Crippen LogP contribution in [0, 0.1) is 0 Å². The van der Waals surface area contributed by atoms with E-state index in [4.69, 9.17) is 0 Å². The fourth-order valence-electron chi connectivity index (χ4n) is 2.12. The molecule has 0 bridgehead atoms. The Morgan fingerprint density at radius 2 is 1.41 bits per heavy atom. The predicted octanol–water partition coefficient (Wildman–Crippen LogP) is 4.81. The molecule has 1 aliphatic rings.